The van der Waals surface area contributed by atoms with Crippen molar-refractivity contribution >= 4 is 22.5 Å². The molecule has 0 N–H and O–H groups in total. The second kappa shape index (κ2) is 3.30. The van der Waals surface area contributed by atoms with Crippen LogP contribution in [0.2, 0.25) is 0 Å². The topological polar surface area (TPSA) is 19.9 Å². The fraction of sp³-hybridized carbons (Fsp3) is 0.0909. The lowest BCUT2D eigenvalue weighted by molar-refractivity contribution is 0.350. The second-order valence-electron chi connectivity index (χ2n) is 2.82. The van der Waals surface area contributed by atoms with Crippen LogP contribution in [0.5, 0.6) is 5.75 Å². The summed E-state index contributed by atoms with van der Waals surface area (Å²) >= 11 is 1.50. The number of fused-ring (bicyclic) bond motifs is 1. The van der Waals surface area contributed by atoms with Crippen LogP contribution >= 0.6 is 11.8 Å². The largest absolute Gasteiger partial charge is 0.288 e. The summed E-state index contributed by atoms with van der Waals surface area (Å²) < 4.78 is 0. The molecule has 0 aliphatic carbocycles. The Balaban J connectivity index is 2.79. The number of thioether (sulfide) groups is 1. The maximum absolute atomic E-state index is 11.7. The smallest absolute Gasteiger partial charge is 0.199 e. The molecule has 0 aliphatic rings. The van der Waals surface area contributed by atoms with Gasteiger partial charge >= 0.3 is 0 Å². The number of benzene rings is 2. The molecule has 2 aromatic carbocycles. The third-order valence-electron chi connectivity index (χ3n) is 2.06. The van der Waals surface area contributed by atoms with Crippen molar-refractivity contribution in [2.45, 2.75) is 4.90 Å². The van der Waals surface area contributed by atoms with Gasteiger partial charge in [-0.05, 0) is 17.7 Å². The summed E-state index contributed by atoms with van der Waals surface area (Å²) in [5, 5.41) is 13.6. The molecule has 0 aliphatic heterocycles. The van der Waals surface area contributed by atoms with Crippen LogP contribution in [0.4, 0.5) is 0 Å². The average molecular weight is 189 g/mol. The van der Waals surface area contributed by atoms with E-state index in [-0.39, 0.29) is 5.75 Å². The maximum atomic E-state index is 11.7. The van der Waals surface area contributed by atoms with E-state index < -0.39 is 0 Å². The van der Waals surface area contributed by atoms with Crippen molar-refractivity contribution in [1.82, 2.24) is 0 Å². The SMILES string of the molecule is CSc1ccc2ccccc2c1[O]. The molecule has 0 aromatic heterocycles. The van der Waals surface area contributed by atoms with Crippen LogP contribution in [0.1, 0.15) is 0 Å². The van der Waals surface area contributed by atoms with Crippen molar-refractivity contribution in [2.24, 2.45) is 0 Å². The van der Waals surface area contributed by atoms with Crippen LogP contribution in [0.25, 0.3) is 10.8 Å². The van der Waals surface area contributed by atoms with Gasteiger partial charge in [0.15, 0.2) is 5.75 Å². The van der Waals surface area contributed by atoms with Crippen LogP contribution in [0.15, 0.2) is 41.3 Å². The number of hydrogen-bond donors (Lipinski definition) is 0. The second-order valence-corrected chi connectivity index (χ2v) is 3.67. The van der Waals surface area contributed by atoms with Crippen molar-refractivity contribution in [2.75, 3.05) is 6.26 Å². The fourth-order valence-electron chi connectivity index (χ4n) is 1.38. The molecule has 0 unspecified atom stereocenters. The first-order valence-electron chi connectivity index (χ1n) is 4.05. The first-order valence-corrected chi connectivity index (χ1v) is 5.28. The number of rotatable bonds is 1. The Morgan fingerprint density at radius 2 is 1.85 bits per heavy atom. The summed E-state index contributed by atoms with van der Waals surface area (Å²) in [4.78, 5) is 0.818. The van der Waals surface area contributed by atoms with Crippen molar-refractivity contribution in [3.05, 3.63) is 36.4 Å². The van der Waals surface area contributed by atoms with Crippen LogP contribution in [-0.4, -0.2) is 6.26 Å². The van der Waals surface area contributed by atoms with E-state index in [1.165, 1.54) is 11.8 Å². The number of hydrogen-bond acceptors (Lipinski definition) is 1. The van der Waals surface area contributed by atoms with Gasteiger partial charge in [-0.1, -0.05) is 30.3 Å². The van der Waals surface area contributed by atoms with Crippen LogP contribution < -0.4 is 0 Å². The maximum Gasteiger partial charge on any atom is 0.199 e. The van der Waals surface area contributed by atoms with Crippen LogP contribution in [-0.2, 0) is 5.11 Å². The van der Waals surface area contributed by atoms with Gasteiger partial charge < -0.3 is 0 Å². The Hall–Kier alpha value is -1.15. The zero-order valence-corrected chi connectivity index (χ0v) is 8.10. The Morgan fingerprint density at radius 3 is 2.62 bits per heavy atom. The molecule has 2 rings (SSSR count). The molecule has 0 spiro atoms. The van der Waals surface area contributed by atoms with E-state index in [2.05, 4.69) is 0 Å². The molecule has 13 heavy (non-hydrogen) atoms. The lowest BCUT2D eigenvalue weighted by Gasteiger charge is -2.01. The molecule has 1 radical (unpaired) electrons. The molecule has 0 atom stereocenters. The van der Waals surface area contributed by atoms with E-state index in [1.54, 1.807) is 0 Å². The van der Waals surface area contributed by atoms with Gasteiger partial charge in [-0.2, -0.15) is 0 Å². The highest BCUT2D eigenvalue weighted by Gasteiger charge is 2.05. The average Bonchev–Trinajstić information content (AvgIpc) is 2.19. The van der Waals surface area contributed by atoms with Gasteiger partial charge in [-0.3, -0.25) is 5.11 Å². The molecule has 0 amide bonds. The van der Waals surface area contributed by atoms with Crippen molar-refractivity contribution in [3.8, 4) is 5.75 Å². The van der Waals surface area contributed by atoms with Gasteiger partial charge in [-0.25, -0.2) is 0 Å². The van der Waals surface area contributed by atoms with E-state index in [9.17, 15) is 5.11 Å². The molecule has 65 valence electrons. The zero-order chi connectivity index (χ0) is 9.26. The van der Waals surface area contributed by atoms with Crippen molar-refractivity contribution in [3.63, 3.8) is 0 Å². The fourth-order valence-corrected chi connectivity index (χ4v) is 1.88. The predicted molar refractivity (Wildman–Crippen MR) is 55.9 cm³/mol. The summed E-state index contributed by atoms with van der Waals surface area (Å²) in [5.41, 5.74) is 0. The van der Waals surface area contributed by atoms with Gasteiger partial charge in [0.1, 0.15) is 0 Å². The van der Waals surface area contributed by atoms with Gasteiger partial charge in [0.2, 0.25) is 0 Å². The van der Waals surface area contributed by atoms with E-state index in [1.807, 2.05) is 42.7 Å². The van der Waals surface area contributed by atoms with Crippen molar-refractivity contribution in [1.29, 1.82) is 0 Å². The van der Waals surface area contributed by atoms with E-state index in [0.29, 0.717) is 0 Å². The van der Waals surface area contributed by atoms with Gasteiger partial charge in [0, 0.05) is 5.39 Å². The van der Waals surface area contributed by atoms with Gasteiger partial charge in [0.05, 0.1) is 4.90 Å². The van der Waals surface area contributed by atoms with Crippen molar-refractivity contribution < 1.29 is 5.11 Å². The third-order valence-corrected chi connectivity index (χ3v) is 2.82. The first-order chi connectivity index (χ1) is 6.33. The highest BCUT2D eigenvalue weighted by Crippen LogP contribution is 2.34. The molecule has 0 fully saturated rings. The monoisotopic (exact) mass is 189 g/mol. The molecule has 2 aromatic rings. The molecule has 2 heteroatoms. The molecular formula is C11H9OS. The summed E-state index contributed by atoms with van der Waals surface area (Å²) in [5.74, 6) is 0.144. The standard InChI is InChI=1S/C11H9OS/c1-13-10-7-6-8-4-2-3-5-9(8)11(10)12/h2-7H,1H3. The van der Waals surface area contributed by atoms with Gasteiger partial charge in [-0.15, -0.1) is 11.8 Å². The highest BCUT2D eigenvalue weighted by atomic mass is 32.2. The zero-order valence-electron chi connectivity index (χ0n) is 7.28. The predicted octanol–water partition coefficient (Wildman–Crippen LogP) is 3.71. The normalized spacial score (nSPS) is 10.5. The van der Waals surface area contributed by atoms with Gasteiger partial charge in [0.25, 0.3) is 0 Å². The van der Waals surface area contributed by atoms with E-state index in [4.69, 9.17) is 0 Å². The third kappa shape index (κ3) is 1.38. The molecular weight excluding hydrogens is 180 g/mol. The Labute approximate surface area is 81.4 Å². The summed E-state index contributed by atoms with van der Waals surface area (Å²) in [6.45, 7) is 0. The summed E-state index contributed by atoms with van der Waals surface area (Å²) in [7, 11) is 0. The molecule has 0 bridgehead atoms. The minimum Gasteiger partial charge on any atom is -0.288 e. The Bertz CT molecular complexity index is 437. The lowest BCUT2D eigenvalue weighted by Crippen LogP contribution is -1.75. The summed E-state index contributed by atoms with van der Waals surface area (Å²) in [6, 6.07) is 11.5. The van der Waals surface area contributed by atoms with E-state index >= 15 is 0 Å². The minimum absolute atomic E-state index is 0.144. The van der Waals surface area contributed by atoms with E-state index in [0.717, 1.165) is 15.7 Å². The first kappa shape index (κ1) is 8.45. The Morgan fingerprint density at radius 1 is 1.08 bits per heavy atom. The van der Waals surface area contributed by atoms with Crippen LogP contribution in [0.3, 0.4) is 0 Å². The quantitative estimate of drug-likeness (QED) is 0.626. The lowest BCUT2D eigenvalue weighted by atomic mass is 10.1. The molecule has 1 nitrogen and oxygen atoms in total. The molecule has 0 heterocycles. The molecule has 0 saturated heterocycles. The summed E-state index contributed by atoms with van der Waals surface area (Å²) in [6.07, 6.45) is 1.92. The Kier molecular flexibility index (Phi) is 2.15. The van der Waals surface area contributed by atoms with Crippen LogP contribution in [0, 0.1) is 0 Å². The minimum atomic E-state index is 0.144. The highest BCUT2D eigenvalue weighted by molar-refractivity contribution is 7.98. The molecule has 0 saturated carbocycles.